The Morgan fingerprint density at radius 1 is 1.15 bits per heavy atom. The molecular formula is C22H21BrN2O2. The molecule has 5 heteroatoms. The van der Waals surface area contributed by atoms with E-state index in [-0.39, 0.29) is 11.2 Å². The van der Waals surface area contributed by atoms with Crippen molar-refractivity contribution in [1.29, 1.82) is 0 Å². The first kappa shape index (κ1) is 18.0. The average molecular weight is 425 g/mol. The van der Waals surface area contributed by atoms with Gasteiger partial charge in [-0.05, 0) is 72.6 Å². The summed E-state index contributed by atoms with van der Waals surface area (Å²) >= 11 is 3.64. The number of anilines is 1. The average Bonchev–Trinajstić information content (AvgIpc) is 2.60. The van der Waals surface area contributed by atoms with E-state index in [4.69, 9.17) is 9.41 Å². The standard InChI is InChI=1S/C22H21BrN2O2/c1-13-5-7-16(15(23)11-13)24-17-12-22(2,3)25(4)18-8-9-19-14(21(17)18)6-10-20(26)27-19/h5-11H,12H2,1-4H3. The topological polar surface area (TPSA) is 45.8 Å². The molecule has 4 nitrogen and oxygen atoms in total. The van der Waals surface area contributed by atoms with E-state index < -0.39 is 0 Å². The van der Waals surface area contributed by atoms with E-state index in [1.54, 1.807) is 0 Å². The molecule has 1 aromatic heterocycles. The van der Waals surface area contributed by atoms with Crippen molar-refractivity contribution in [2.75, 3.05) is 11.9 Å². The predicted octanol–water partition coefficient (Wildman–Crippen LogP) is 5.60. The third-order valence-electron chi connectivity index (χ3n) is 5.30. The highest BCUT2D eigenvalue weighted by atomic mass is 79.9. The molecular weight excluding hydrogens is 404 g/mol. The minimum Gasteiger partial charge on any atom is -0.423 e. The summed E-state index contributed by atoms with van der Waals surface area (Å²) in [6.07, 6.45) is 0.787. The second kappa shape index (κ2) is 6.34. The quantitative estimate of drug-likeness (QED) is 0.477. The molecule has 1 aliphatic rings. The van der Waals surface area contributed by atoms with Gasteiger partial charge in [0.2, 0.25) is 0 Å². The normalized spacial score (nSPS) is 17.4. The molecule has 138 valence electrons. The molecule has 0 atom stereocenters. The number of hydrogen-bond donors (Lipinski definition) is 0. The Kier molecular flexibility index (Phi) is 4.22. The van der Waals surface area contributed by atoms with Crippen molar-refractivity contribution in [3.8, 4) is 0 Å². The zero-order valence-corrected chi connectivity index (χ0v) is 17.4. The van der Waals surface area contributed by atoms with Crippen LogP contribution in [-0.2, 0) is 0 Å². The van der Waals surface area contributed by atoms with Crippen LogP contribution in [0.25, 0.3) is 11.0 Å². The van der Waals surface area contributed by atoms with Gasteiger partial charge in [0.1, 0.15) is 5.58 Å². The highest BCUT2D eigenvalue weighted by Crippen LogP contribution is 2.40. The number of aryl methyl sites for hydroxylation is 1. The van der Waals surface area contributed by atoms with Crippen LogP contribution in [0, 0.1) is 6.92 Å². The van der Waals surface area contributed by atoms with Crippen molar-refractivity contribution in [3.05, 3.63) is 68.5 Å². The highest BCUT2D eigenvalue weighted by Gasteiger charge is 2.35. The fourth-order valence-corrected chi connectivity index (χ4v) is 4.19. The van der Waals surface area contributed by atoms with Crippen LogP contribution in [0.3, 0.4) is 0 Å². The first-order valence-electron chi connectivity index (χ1n) is 8.91. The van der Waals surface area contributed by atoms with Gasteiger partial charge < -0.3 is 9.32 Å². The molecule has 0 saturated heterocycles. The molecule has 0 aliphatic carbocycles. The van der Waals surface area contributed by atoms with E-state index >= 15 is 0 Å². The summed E-state index contributed by atoms with van der Waals surface area (Å²) in [5.41, 5.74) is 5.37. The van der Waals surface area contributed by atoms with Gasteiger partial charge in [0.25, 0.3) is 0 Å². The monoisotopic (exact) mass is 424 g/mol. The van der Waals surface area contributed by atoms with Crippen LogP contribution in [-0.4, -0.2) is 18.3 Å². The van der Waals surface area contributed by atoms with Gasteiger partial charge in [0.05, 0.1) is 11.4 Å². The van der Waals surface area contributed by atoms with Gasteiger partial charge in [-0.2, -0.15) is 0 Å². The molecule has 3 aromatic rings. The van der Waals surface area contributed by atoms with Crippen molar-refractivity contribution >= 4 is 44.0 Å². The Morgan fingerprint density at radius 2 is 1.93 bits per heavy atom. The lowest BCUT2D eigenvalue weighted by molar-refractivity contribution is 0.498. The third-order valence-corrected chi connectivity index (χ3v) is 5.93. The zero-order chi connectivity index (χ0) is 19.3. The number of benzene rings is 2. The van der Waals surface area contributed by atoms with E-state index in [0.29, 0.717) is 5.58 Å². The Hall–Kier alpha value is -2.40. The molecule has 1 aliphatic heterocycles. The molecule has 2 aromatic carbocycles. The highest BCUT2D eigenvalue weighted by molar-refractivity contribution is 9.10. The fourth-order valence-electron chi connectivity index (χ4n) is 3.61. The van der Waals surface area contributed by atoms with Crippen molar-refractivity contribution in [2.45, 2.75) is 32.7 Å². The molecule has 2 heterocycles. The van der Waals surface area contributed by atoms with Gasteiger partial charge in [0, 0.05) is 46.2 Å². The van der Waals surface area contributed by atoms with Gasteiger partial charge in [-0.1, -0.05) is 6.07 Å². The third kappa shape index (κ3) is 3.10. The van der Waals surface area contributed by atoms with Gasteiger partial charge in [0.15, 0.2) is 0 Å². The van der Waals surface area contributed by atoms with Crippen LogP contribution in [0.2, 0.25) is 0 Å². The lowest BCUT2D eigenvalue weighted by Crippen LogP contribution is -2.47. The smallest absolute Gasteiger partial charge is 0.336 e. The number of aliphatic imine (C=N–C) groups is 1. The number of hydrogen-bond acceptors (Lipinski definition) is 4. The first-order valence-corrected chi connectivity index (χ1v) is 9.70. The van der Waals surface area contributed by atoms with Crippen LogP contribution < -0.4 is 10.5 Å². The summed E-state index contributed by atoms with van der Waals surface area (Å²) in [4.78, 5) is 19.0. The summed E-state index contributed by atoms with van der Waals surface area (Å²) in [6, 6.07) is 13.4. The number of rotatable bonds is 1. The van der Waals surface area contributed by atoms with Crippen LogP contribution in [0.1, 0.15) is 31.4 Å². The largest absolute Gasteiger partial charge is 0.423 e. The molecule has 0 amide bonds. The minimum atomic E-state index is -0.341. The summed E-state index contributed by atoms with van der Waals surface area (Å²) in [6.45, 7) is 6.49. The van der Waals surface area contributed by atoms with E-state index in [0.717, 1.165) is 38.9 Å². The number of nitrogens with zero attached hydrogens (tertiary/aromatic N) is 2. The second-order valence-electron chi connectivity index (χ2n) is 7.69. The van der Waals surface area contributed by atoms with Crippen LogP contribution in [0.4, 0.5) is 11.4 Å². The zero-order valence-electron chi connectivity index (χ0n) is 15.8. The van der Waals surface area contributed by atoms with E-state index in [1.165, 1.54) is 11.6 Å². The number of fused-ring (bicyclic) bond motifs is 3. The molecule has 27 heavy (non-hydrogen) atoms. The summed E-state index contributed by atoms with van der Waals surface area (Å²) < 4.78 is 6.39. The molecule has 0 radical (unpaired) electrons. The van der Waals surface area contributed by atoms with Crippen LogP contribution >= 0.6 is 15.9 Å². The lowest BCUT2D eigenvalue weighted by atomic mass is 9.84. The Balaban J connectivity index is 2.02. The van der Waals surface area contributed by atoms with Crippen molar-refractivity contribution < 1.29 is 4.42 Å². The maximum absolute atomic E-state index is 11.7. The molecule has 0 N–H and O–H groups in total. The van der Waals surface area contributed by atoms with Crippen molar-refractivity contribution in [2.24, 2.45) is 4.99 Å². The van der Waals surface area contributed by atoms with Gasteiger partial charge in [-0.25, -0.2) is 4.79 Å². The summed E-state index contributed by atoms with van der Waals surface area (Å²) in [5, 5.41) is 0.913. The molecule has 0 saturated carbocycles. The minimum absolute atomic E-state index is 0.0771. The predicted molar refractivity (Wildman–Crippen MR) is 115 cm³/mol. The van der Waals surface area contributed by atoms with E-state index in [1.807, 2.05) is 24.3 Å². The molecule has 0 bridgehead atoms. The fraction of sp³-hybridized carbons (Fsp3) is 0.273. The summed E-state index contributed by atoms with van der Waals surface area (Å²) in [7, 11) is 2.10. The van der Waals surface area contributed by atoms with Gasteiger partial charge >= 0.3 is 5.63 Å². The molecule has 0 unspecified atom stereocenters. The van der Waals surface area contributed by atoms with E-state index in [2.05, 4.69) is 60.8 Å². The maximum atomic E-state index is 11.7. The Labute approximate surface area is 166 Å². The number of halogens is 1. The molecule has 0 fully saturated rings. The Bertz CT molecular complexity index is 1140. The molecule has 0 spiro atoms. The van der Waals surface area contributed by atoms with Crippen LogP contribution in [0.15, 0.2) is 61.1 Å². The summed E-state index contributed by atoms with van der Waals surface area (Å²) in [5.74, 6) is 0. The SMILES string of the molecule is Cc1ccc(N=C2CC(C)(C)N(C)c3ccc4oc(=O)ccc4c32)c(Br)c1. The van der Waals surface area contributed by atoms with Crippen LogP contribution in [0.5, 0.6) is 0 Å². The van der Waals surface area contributed by atoms with Gasteiger partial charge in [-0.15, -0.1) is 0 Å². The lowest BCUT2D eigenvalue weighted by Gasteiger charge is -2.43. The van der Waals surface area contributed by atoms with Gasteiger partial charge in [-0.3, -0.25) is 4.99 Å². The Morgan fingerprint density at radius 3 is 2.67 bits per heavy atom. The maximum Gasteiger partial charge on any atom is 0.336 e. The molecule has 4 rings (SSSR count). The second-order valence-corrected chi connectivity index (χ2v) is 8.54. The first-order chi connectivity index (χ1) is 12.8. The van der Waals surface area contributed by atoms with Crippen molar-refractivity contribution in [3.63, 3.8) is 0 Å². The van der Waals surface area contributed by atoms with E-state index in [9.17, 15) is 4.79 Å². The van der Waals surface area contributed by atoms with Crippen molar-refractivity contribution in [1.82, 2.24) is 0 Å².